The van der Waals surface area contributed by atoms with Crippen molar-refractivity contribution >= 4 is 92.3 Å². The lowest BCUT2D eigenvalue weighted by Gasteiger charge is -2.28. The Morgan fingerprint density at radius 2 is 1.16 bits per heavy atom. The summed E-state index contributed by atoms with van der Waals surface area (Å²) in [6.07, 6.45) is 21.1. The summed E-state index contributed by atoms with van der Waals surface area (Å²) in [6.45, 7) is 0. The number of fused-ring (bicyclic) bond motifs is 8. The van der Waals surface area contributed by atoms with Gasteiger partial charge in [0.25, 0.3) is 0 Å². The minimum Gasteiger partial charge on any atom is -0.309 e. The van der Waals surface area contributed by atoms with E-state index in [1.807, 2.05) is 0 Å². The van der Waals surface area contributed by atoms with Gasteiger partial charge in [0.2, 0.25) is 5.95 Å². The lowest BCUT2D eigenvalue weighted by molar-refractivity contribution is 0.849. The van der Waals surface area contributed by atoms with Crippen molar-refractivity contribution in [2.24, 2.45) is 5.92 Å². The Morgan fingerprint density at radius 1 is 0.464 bits per heavy atom. The van der Waals surface area contributed by atoms with Crippen molar-refractivity contribution in [1.29, 1.82) is 0 Å². The van der Waals surface area contributed by atoms with Gasteiger partial charge in [-0.1, -0.05) is 158 Å². The van der Waals surface area contributed by atoms with Gasteiger partial charge in [0.05, 0.1) is 39.1 Å². The summed E-state index contributed by atoms with van der Waals surface area (Å²) in [6, 6.07) is 60.2. The van der Waals surface area contributed by atoms with Crippen LogP contribution in [0.25, 0.3) is 115 Å². The highest BCUT2D eigenvalue weighted by atomic mass is 15.2. The molecule has 1 atom stereocenters. The Labute approximate surface area is 397 Å². The summed E-state index contributed by atoms with van der Waals surface area (Å²) in [7, 11) is 0. The van der Waals surface area contributed by atoms with E-state index in [4.69, 9.17) is 9.97 Å². The minimum absolute atomic E-state index is 0.195. The van der Waals surface area contributed by atoms with E-state index in [0.717, 1.165) is 63.1 Å². The van der Waals surface area contributed by atoms with E-state index in [1.165, 1.54) is 92.5 Å². The molecule has 9 aromatic carbocycles. The second-order valence-electron chi connectivity index (χ2n) is 19.2. The van der Waals surface area contributed by atoms with Crippen LogP contribution in [-0.2, 0) is 0 Å². The maximum Gasteiger partial charge on any atom is 0.235 e. The van der Waals surface area contributed by atoms with Crippen LogP contribution in [0, 0.1) is 5.92 Å². The molecule has 0 radical (unpaired) electrons. The fourth-order valence-corrected chi connectivity index (χ4v) is 12.5. The normalized spacial score (nSPS) is 16.6. The first-order valence-corrected chi connectivity index (χ1v) is 24.1. The zero-order chi connectivity index (χ0) is 44.9. The Balaban J connectivity index is 1.00. The molecule has 0 amide bonds. The molecule has 2 bridgehead atoms. The molecule has 4 aliphatic carbocycles. The van der Waals surface area contributed by atoms with Crippen LogP contribution >= 0.6 is 0 Å². The van der Waals surface area contributed by atoms with Gasteiger partial charge in [0.15, 0.2) is 0 Å². The highest BCUT2D eigenvalue weighted by Crippen LogP contribution is 2.47. The molecule has 0 saturated carbocycles. The molecule has 16 rings (SSSR count). The number of benzene rings is 9. The molecule has 3 aromatic heterocycles. The lowest BCUT2D eigenvalue weighted by Crippen LogP contribution is -2.14. The van der Waals surface area contributed by atoms with Gasteiger partial charge in [0, 0.05) is 44.0 Å². The van der Waals surface area contributed by atoms with Crippen LogP contribution < -0.4 is 0 Å². The summed E-state index contributed by atoms with van der Waals surface area (Å²) in [5.74, 6) is 0.837. The van der Waals surface area contributed by atoms with E-state index in [1.54, 1.807) is 0 Å². The predicted molar refractivity (Wildman–Crippen MR) is 288 cm³/mol. The predicted octanol–water partition coefficient (Wildman–Crippen LogP) is 16.4. The first kappa shape index (κ1) is 37.3. The molecule has 0 fully saturated rings. The van der Waals surface area contributed by atoms with Crippen LogP contribution in [0.1, 0.15) is 18.5 Å². The standard InChI is InChI=1S/C65H40N4/c1-2-16-49-39(10-1)11-9-21-56(49)68-58-20-6-4-18-52(58)63-59(68)31-30-51-50-17-3-5-19-57(50)69(64(51)63)65-66-54(47-32-38-22-23-40-12-7-13-41-24-27-44(34-47)53(33-38)60(40)41)37-55(67-65)48-35-45-28-25-42-14-8-15-43-26-29-46(36-48)62(45)61(42)43/h1-6,8-11,13-37,53H,7,12H2. The number of aromatic nitrogens is 4. The van der Waals surface area contributed by atoms with E-state index in [0.29, 0.717) is 5.95 Å². The molecule has 4 nitrogen and oxygen atoms in total. The van der Waals surface area contributed by atoms with Crippen LogP contribution in [-0.4, -0.2) is 19.1 Å². The minimum atomic E-state index is 0.195. The van der Waals surface area contributed by atoms with E-state index < -0.39 is 0 Å². The fraction of sp³-hybridized carbons (Fsp3) is 0.0462. The smallest absolute Gasteiger partial charge is 0.235 e. The quantitative estimate of drug-likeness (QED) is 0.165. The molecule has 12 aromatic rings. The molecular weight excluding hydrogens is 837 g/mol. The van der Waals surface area contributed by atoms with Crippen molar-refractivity contribution in [3.05, 3.63) is 246 Å². The highest BCUT2D eigenvalue weighted by molar-refractivity contribution is 6.27. The first-order valence-electron chi connectivity index (χ1n) is 24.1. The molecular formula is C65H40N4. The summed E-state index contributed by atoms with van der Waals surface area (Å²) in [5, 5.41) is 14.7. The largest absolute Gasteiger partial charge is 0.309 e. The second-order valence-corrected chi connectivity index (χ2v) is 19.2. The van der Waals surface area contributed by atoms with E-state index >= 15 is 0 Å². The van der Waals surface area contributed by atoms with E-state index in [2.05, 4.69) is 222 Å². The summed E-state index contributed by atoms with van der Waals surface area (Å²) < 4.78 is 4.81. The van der Waals surface area contributed by atoms with E-state index in [-0.39, 0.29) is 5.92 Å². The van der Waals surface area contributed by atoms with Gasteiger partial charge in [-0.2, -0.15) is 0 Å². The molecule has 69 heavy (non-hydrogen) atoms. The van der Waals surface area contributed by atoms with Crippen molar-refractivity contribution in [2.45, 2.75) is 12.8 Å². The lowest BCUT2D eigenvalue weighted by atomic mass is 9.75. The third kappa shape index (κ3) is 5.29. The SMILES string of the molecule is C1=CC2=C3C(=CCC2)C=CC2=CC(c4cc(-c5cc6ccc7cccc8ccc(c5)c6c78)nc(-n5c6ccccc6c6ccc7c(c8ccccc8n7-c7cccc8ccccc78)c65)n4)=CC1=CC23. The molecule has 0 saturated heterocycles. The van der Waals surface area contributed by atoms with Gasteiger partial charge in [-0.25, -0.2) is 9.97 Å². The number of rotatable bonds is 4. The highest BCUT2D eigenvalue weighted by Gasteiger charge is 2.30. The number of hydrogen-bond acceptors (Lipinski definition) is 2. The average molecular weight is 877 g/mol. The van der Waals surface area contributed by atoms with Gasteiger partial charge in [-0.05, 0) is 133 Å². The maximum atomic E-state index is 5.74. The topological polar surface area (TPSA) is 35.6 Å². The van der Waals surface area contributed by atoms with Gasteiger partial charge in [-0.3, -0.25) is 4.57 Å². The molecule has 1 unspecified atom stereocenters. The summed E-state index contributed by atoms with van der Waals surface area (Å²) in [5.41, 5.74) is 16.3. The molecule has 3 heterocycles. The molecule has 0 spiro atoms. The number of allylic oxidation sites excluding steroid dienone is 14. The van der Waals surface area contributed by atoms with E-state index in [9.17, 15) is 0 Å². The van der Waals surface area contributed by atoms with Crippen molar-refractivity contribution in [3.8, 4) is 22.9 Å². The van der Waals surface area contributed by atoms with Crippen molar-refractivity contribution in [1.82, 2.24) is 19.1 Å². The van der Waals surface area contributed by atoms with Crippen LogP contribution in [0.15, 0.2) is 240 Å². The molecule has 4 heteroatoms. The average Bonchev–Trinajstić information content (AvgIpc) is 3.75. The molecule has 4 aliphatic rings. The zero-order valence-corrected chi connectivity index (χ0v) is 37.5. The first-order chi connectivity index (χ1) is 34.2. The number of hydrogen-bond donors (Lipinski definition) is 0. The van der Waals surface area contributed by atoms with Gasteiger partial charge in [0.1, 0.15) is 0 Å². The van der Waals surface area contributed by atoms with Crippen LogP contribution in [0.5, 0.6) is 0 Å². The van der Waals surface area contributed by atoms with Gasteiger partial charge in [-0.15, -0.1) is 0 Å². The van der Waals surface area contributed by atoms with Crippen molar-refractivity contribution in [2.75, 3.05) is 0 Å². The van der Waals surface area contributed by atoms with Crippen LogP contribution in [0.2, 0.25) is 0 Å². The summed E-state index contributed by atoms with van der Waals surface area (Å²) in [4.78, 5) is 11.5. The maximum absolute atomic E-state index is 5.74. The Kier molecular flexibility index (Phi) is 7.48. The molecule has 0 N–H and O–H groups in total. The van der Waals surface area contributed by atoms with Crippen molar-refractivity contribution < 1.29 is 0 Å². The fourth-order valence-electron chi connectivity index (χ4n) is 12.5. The summed E-state index contributed by atoms with van der Waals surface area (Å²) >= 11 is 0. The van der Waals surface area contributed by atoms with Crippen molar-refractivity contribution in [3.63, 3.8) is 0 Å². The number of para-hydroxylation sites is 2. The van der Waals surface area contributed by atoms with Crippen LogP contribution in [0.4, 0.5) is 0 Å². The number of nitrogens with zero attached hydrogens (tertiary/aromatic N) is 4. The van der Waals surface area contributed by atoms with Gasteiger partial charge >= 0.3 is 0 Å². The molecule has 0 aliphatic heterocycles. The monoisotopic (exact) mass is 876 g/mol. The zero-order valence-electron chi connectivity index (χ0n) is 37.5. The van der Waals surface area contributed by atoms with Gasteiger partial charge < -0.3 is 4.57 Å². The van der Waals surface area contributed by atoms with Crippen LogP contribution in [0.3, 0.4) is 0 Å². The Morgan fingerprint density at radius 3 is 2.01 bits per heavy atom. The second kappa shape index (κ2) is 13.9. The molecule has 320 valence electrons. The third-order valence-electron chi connectivity index (χ3n) is 15.5. The Bertz CT molecular complexity index is 4470. The Hall–Kier alpha value is -8.86. The third-order valence-corrected chi connectivity index (χ3v) is 15.5.